The van der Waals surface area contributed by atoms with Crippen LogP contribution in [0.3, 0.4) is 0 Å². The molecule has 1 aliphatic heterocycles. The molecule has 0 aliphatic carbocycles. The molecule has 0 spiro atoms. The van der Waals surface area contributed by atoms with Gasteiger partial charge in [-0.05, 0) is 60.2 Å². The minimum atomic E-state index is -0.900. The van der Waals surface area contributed by atoms with Crippen LogP contribution in [0.5, 0.6) is 0 Å². The van der Waals surface area contributed by atoms with Crippen molar-refractivity contribution in [3.63, 3.8) is 0 Å². The maximum absolute atomic E-state index is 13.5. The largest absolute Gasteiger partial charge is 0.481 e. The van der Waals surface area contributed by atoms with Gasteiger partial charge in [0.1, 0.15) is 4.32 Å². The van der Waals surface area contributed by atoms with E-state index < -0.39 is 17.6 Å². The molecule has 0 bridgehead atoms. The zero-order valence-electron chi connectivity index (χ0n) is 16.4. The highest BCUT2D eigenvalue weighted by atomic mass is 32.2. The highest BCUT2D eigenvalue weighted by Gasteiger charge is 2.31. The minimum Gasteiger partial charge on any atom is -0.481 e. The predicted octanol–water partition coefficient (Wildman–Crippen LogP) is 4.74. The Bertz CT molecular complexity index is 1020. The van der Waals surface area contributed by atoms with E-state index in [2.05, 4.69) is 5.32 Å². The summed E-state index contributed by atoms with van der Waals surface area (Å²) >= 11 is 7.99. The number of nitrogens with zero attached hydrogens (tertiary/aromatic N) is 1. The number of carbonyl (C=O) groups is 2. The molecule has 1 fully saturated rings. The molecule has 1 aromatic carbocycles. The van der Waals surface area contributed by atoms with Crippen LogP contribution in [-0.4, -0.2) is 45.8 Å². The maximum Gasteiger partial charge on any atom is 0.304 e. The molecule has 0 saturated carbocycles. The lowest BCUT2D eigenvalue weighted by Gasteiger charge is -2.14. The summed E-state index contributed by atoms with van der Waals surface area (Å²) in [6, 6.07) is 5.58. The van der Waals surface area contributed by atoms with Gasteiger partial charge in [0.15, 0.2) is 11.6 Å². The number of carbonyl (C=O) groups excluding carboxylic acids is 1. The summed E-state index contributed by atoms with van der Waals surface area (Å²) in [6.45, 7) is 1.61. The average Bonchev–Trinajstić information content (AvgIpc) is 3.29. The molecule has 1 saturated heterocycles. The zero-order chi connectivity index (χ0) is 22.4. The summed E-state index contributed by atoms with van der Waals surface area (Å²) in [5, 5.41) is 13.5. The summed E-state index contributed by atoms with van der Waals surface area (Å²) in [5.41, 5.74) is 1.32. The Morgan fingerprint density at radius 3 is 2.71 bits per heavy atom. The van der Waals surface area contributed by atoms with Gasteiger partial charge in [0.2, 0.25) is 0 Å². The highest BCUT2D eigenvalue weighted by Crippen LogP contribution is 2.35. The number of thioether (sulfide) groups is 1. The molecular weight excluding hydrogens is 462 g/mol. The molecule has 10 heteroatoms. The Morgan fingerprint density at radius 1 is 1.16 bits per heavy atom. The van der Waals surface area contributed by atoms with Crippen molar-refractivity contribution >= 4 is 57.6 Å². The molecule has 31 heavy (non-hydrogen) atoms. The lowest BCUT2D eigenvalue weighted by atomic mass is 10.1. The van der Waals surface area contributed by atoms with E-state index in [0.29, 0.717) is 34.4 Å². The molecule has 5 nitrogen and oxygen atoms in total. The first kappa shape index (κ1) is 23.5. The fourth-order valence-corrected chi connectivity index (χ4v) is 5.14. The van der Waals surface area contributed by atoms with Crippen molar-refractivity contribution < 1.29 is 23.5 Å². The van der Waals surface area contributed by atoms with Crippen LogP contribution in [0.1, 0.15) is 24.1 Å². The summed E-state index contributed by atoms with van der Waals surface area (Å²) in [5.74, 6) is -2.77. The topological polar surface area (TPSA) is 69.6 Å². The SMILES string of the molecule is O=C(O)CCNCCCCN1C(=O)/C(=C/c2cc(-c3ccc(F)c(F)c3)cs2)SC1=S. The third-order valence-corrected chi connectivity index (χ3v) is 6.78. The molecule has 2 heterocycles. The van der Waals surface area contributed by atoms with Crippen molar-refractivity contribution in [3.8, 4) is 11.1 Å². The van der Waals surface area contributed by atoms with Crippen molar-refractivity contribution in [3.05, 3.63) is 51.1 Å². The van der Waals surface area contributed by atoms with Gasteiger partial charge in [-0.15, -0.1) is 11.3 Å². The van der Waals surface area contributed by atoms with E-state index in [-0.39, 0.29) is 12.3 Å². The molecular formula is C21H20F2N2O3S3. The number of thiophene rings is 1. The lowest BCUT2D eigenvalue weighted by Crippen LogP contribution is -2.29. The molecule has 3 rings (SSSR count). The zero-order valence-corrected chi connectivity index (χ0v) is 18.8. The summed E-state index contributed by atoms with van der Waals surface area (Å²) in [6.07, 6.45) is 3.40. The first-order chi connectivity index (χ1) is 14.8. The van der Waals surface area contributed by atoms with Crippen LogP contribution >= 0.6 is 35.3 Å². The van der Waals surface area contributed by atoms with Gasteiger partial charge in [-0.2, -0.15) is 0 Å². The average molecular weight is 483 g/mol. The quantitative estimate of drug-likeness (QED) is 0.290. The second kappa shape index (κ2) is 10.9. The van der Waals surface area contributed by atoms with E-state index in [1.165, 1.54) is 29.2 Å². The molecule has 2 N–H and O–H groups in total. The van der Waals surface area contributed by atoms with E-state index in [9.17, 15) is 18.4 Å². The van der Waals surface area contributed by atoms with E-state index in [0.717, 1.165) is 35.4 Å². The Labute approximate surface area is 192 Å². The number of unbranched alkanes of at least 4 members (excludes halogenated alkanes) is 1. The van der Waals surface area contributed by atoms with E-state index in [1.807, 2.05) is 11.4 Å². The molecule has 1 aromatic heterocycles. The molecule has 1 amide bonds. The number of aliphatic carboxylic acids is 1. The van der Waals surface area contributed by atoms with Crippen molar-refractivity contribution in [1.29, 1.82) is 0 Å². The van der Waals surface area contributed by atoms with Gasteiger partial charge in [0, 0.05) is 18.0 Å². The van der Waals surface area contributed by atoms with Gasteiger partial charge in [0.25, 0.3) is 5.91 Å². The van der Waals surface area contributed by atoms with E-state index in [1.54, 1.807) is 11.0 Å². The lowest BCUT2D eigenvalue weighted by molar-refractivity contribution is -0.136. The normalized spacial score (nSPS) is 15.3. The summed E-state index contributed by atoms with van der Waals surface area (Å²) < 4.78 is 27.1. The van der Waals surface area contributed by atoms with Gasteiger partial charge >= 0.3 is 5.97 Å². The second-order valence-electron chi connectivity index (χ2n) is 6.80. The number of halogens is 2. The standard InChI is InChI=1S/C21H20F2N2O3S3/c22-16-4-3-13(10-17(16)23)14-9-15(30-12-14)11-18-20(28)25(21(29)31-18)8-2-1-6-24-7-5-19(26)27/h3-4,9-12,24H,1-2,5-8H2,(H,26,27)/b18-11-. The number of carboxylic acid groups (broad SMARTS) is 1. The van der Waals surface area contributed by atoms with E-state index >= 15 is 0 Å². The number of rotatable bonds is 10. The van der Waals surface area contributed by atoms with Gasteiger partial charge in [0.05, 0.1) is 11.3 Å². The molecule has 0 atom stereocenters. The van der Waals surface area contributed by atoms with E-state index in [4.69, 9.17) is 17.3 Å². The molecule has 1 aliphatic rings. The smallest absolute Gasteiger partial charge is 0.304 e. The fraction of sp³-hybridized carbons (Fsp3) is 0.286. The molecule has 0 radical (unpaired) electrons. The summed E-state index contributed by atoms with van der Waals surface area (Å²) in [7, 11) is 0. The number of hydrogen-bond donors (Lipinski definition) is 2. The van der Waals surface area contributed by atoms with Crippen LogP contribution in [0.25, 0.3) is 17.2 Å². The predicted molar refractivity (Wildman–Crippen MR) is 124 cm³/mol. The number of hydrogen-bond acceptors (Lipinski definition) is 6. The first-order valence-corrected chi connectivity index (χ1v) is 11.7. The van der Waals surface area contributed by atoms with Crippen LogP contribution in [0.4, 0.5) is 8.78 Å². The van der Waals surface area contributed by atoms with Gasteiger partial charge in [-0.1, -0.05) is 30.0 Å². The van der Waals surface area contributed by atoms with Crippen LogP contribution in [0.15, 0.2) is 34.6 Å². The van der Waals surface area contributed by atoms with Crippen molar-refractivity contribution in [2.45, 2.75) is 19.3 Å². The van der Waals surface area contributed by atoms with Crippen molar-refractivity contribution in [1.82, 2.24) is 10.2 Å². The minimum absolute atomic E-state index is 0.0834. The number of benzene rings is 1. The fourth-order valence-electron chi connectivity index (χ4n) is 2.92. The number of carboxylic acids is 1. The Morgan fingerprint density at radius 2 is 1.97 bits per heavy atom. The third kappa shape index (κ3) is 6.42. The first-order valence-electron chi connectivity index (χ1n) is 9.57. The molecule has 0 unspecified atom stereocenters. The van der Waals surface area contributed by atoms with Crippen LogP contribution < -0.4 is 5.32 Å². The van der Waals surface area contributed by atoms with Crippen molar-refractivity contribution in [2.24, 2.45) is 0 Å². The van der Waals surface area contributed by atoms with Crippen LogP contribution in [0.2, 0.25) is 0 Å². The monoisotopic (exact) mass is 482 g/mol. The highest BCUT2D eigenvalue weighted by molar-refractivity contribution is 8.26. The van der Waals surface area contributed by atoms with Crippen LogP contribution in [0, 0.1) is 11.6 Å². The molecule has 2 aromatic rings. The number of thiocarbonyl (C=S) groups is 1. The maximum atomic E-state index is 13.5. The van der Waals surface area contributed by atoms with Gasteiger partial charge in [-0.3, -0.25) is 14.5 Å². The van der Waals surface area contributed by atoms with Crippen LogP contribution in [-0.2, 0) is 9.59 Å². The third-order valence-electron chi connectivity index (χ3n) is 4.52. The molecule has 164 valence electrons. The summed E-state index contributed by atoms with van der Waals surface area (Å²) in [4.78, 5) is 26.1. The number of amides is 1. The Kier molecular flexibility index (Phi) is 8.30. The Hall–Kier alpha value is -2.14. The Balaban J connectivity index is 1.55. The van der Waals surface area contributed by atoms with Crippen molar-refractivity contribution in [2.75, 3.05) is 19.6 Å². The van der Waals surface area contributed by atoms with Gasteiger partial charge in [-0.25, -0.2) is 8.78 Å². The second-order valence-corrected chi connectivity index (χ2v) is 9.42. The van der Waals surface area contributed by atoms with Gasteiger partial charge < -0.3 is 10.4 Å². The number of nitrogens with one attached hydrogen (secondary N) is 1.